The van der Waals surface area contributed by atoms with Gasteiger partial charge in [-0.05, 0) is 50.2 Å². The SMILES string of the molecule is CC(C)(C)C(=O)c1ccc(OCCN2CCCCC2)cc1.Cl. The molecule has 0 atom stereocenters. The highest BCUT2D eigenvalue weighted by Crippen LogP contribution is 2.22. The third-order valence-electron chi connectivity index (χ3n) is 3.92. The van der Waals surface area contributed by atoms with Crippen LogP contribution in [-0.4, -0.2) is 36.9 Å². The monoisotopic (exact) mass is 325 g/mol. The van der Waals surface area contributed by atoms with Gasteiger partial charge in [0, 0.05) is 17.5 Å². The van der Waals surface area contributed by atoms with Crippen LogP contribution in [0.15, 0.2) is 24.3 Å². The van der Waals surface area contributed by atoms with E-state index in [1.165, 1.54) is 32.4 Å². The molecule has 0 bridgehead atoms. The normalized spacial score (nSPS) is 16.0. The molecule has 1 aromatic carbocycles. The lowest BCUT2D eigenvalue weighted by atomic mass is 9.86. The van der Waals surface area contributed by atoms with E-state index in [1.807, 2.05) is 45.0 Å². The van der Waals surface area contributed by atoms with Crippen LogP contribution in [0.5, 0.6) is 5.75 Å². The van der Waals surface area contributed by atoms with Crippen molar-refractivity contribution in [3.63, 3.8) is 0 Å². The molecular formula is C18H28ClNO2. The summed E-state index contributed by atoms with van der Waals surface area (Å²) in [6.07, 6.45) is 3.98. The maximum atomic E-state index is 12.2. The summed E-state index contributed by atoms with van der Waals surface area (Å²) in [4.78, 5) is 14.6. The van der Waals surface area contributed by atoms with Gasteiger partial charge >= 0.3 is 0 Å². The fourth-order valence-electron chi connectivity index (χ4n) is 2.61. The van der Waals surface area contributed by atoms with E-state index >= 15 is 0 Å². The Morgan fingerprint density at radius 2 is 1.68 bits per heavy atom. The van der Waals surface area contributed by atoms with Gasteiger partial charge in [-0.2, -0.15) is 0 Å². The van der Waals surface area contributed by atoms with Gasteiger partial charge in [0.2, 0.25) is 0 Å². The van der Waals surface area contributed by atoms with Crippen molar-refractivity contribution in [3.05, 3.63) is 29.8 Å². The molecular weight excluding hydrogens is 298 g/mol. The molecule has 1 heterocycles. The number of ether oxygens (including phenoxy) is 1. The molecule has 2 rings (SSSR count). The maximum absolute atomic E-state index is 12.2. The minimum Gasteiger partial charge on any atom is -0.492 e. The largest absolute Gasteiger partial charge is 0.492 e. The van der Waals surface area contributed by atoms with Crippen molar-refractivity contribution in [3.8, 4) is 5.75 Å². The van der Waals surface area contributed by atoms with Gasteiger partial charge in [-0.1, -0.05) is 27.2 Å². The number of hydrogen-bond donors (Lipinski definition) is 0. The number of hydrogen-bond acceptors (Lipinski definition) is 3. The smallest absolute Gasteiger partial charge is 0.168 e. The number of piperidine rings is 1. The van der Waals surface area contributed by atoms with Crippen molar-refractivity contribution in [2.24, 2.45) is 5.41 Å². The predicted molar refractivity (Wildman–Crippen MR) is 93.3 cm³/mol. The fourth-order valence-corrected chi connectivity index (χ4v) is 2.61. The van der Waals surface area contributed by atoms with E-state index in [-0.39, 0.29) is 23.6 Å². The molecule has 0 amide bonds. The highest BCUT2D eigenvalue weighted by molar-refractivity contribution is 5.99. The Balaban J connectivity index is 0.00000242. The number of benzene rings is 1. The van der Waals surface area contributed by atoms with E-state index in [0.717, 1.165) is 17.9 Å². The lowest BCUT2D eigenvalue weighted by Gasteiger charge is -2.26. The van der Waals surface area contributed by atoms with E-state index in [9.17, 15) is 4.79 Å². The summed E-state index contributed by atoms with van der Waals surface area (Å²) in [5.41, 5.74) is 0.419. The molecule has 22 heavy (non-hydrogen) atoms. The molecule has 1 fully saturated rings. The summed E-state index contributed by atoms with van der Waals surface area (Å²) >= 11 is 0. The molecule has 0 saturated carbocycles. The van der Waals surface area contributed by atoms with Crippen molar-refractivity contribution in [1.29, 1.82) is 0 Å². The molecule has 0 aliphatic carbocycles. The zero-order chi connectivity index (χ0) is 15.3. The van der Waals surface area contributed by atoms with Crippen LogP contribution < -0.4 is 4.74 Å². The standard InChI is InChI=1S/C18H27NO2.ClH/c1-18(2,3)17(20)15-7-9-16(10-8-15)21-14-13-19-11-5-4-6-12-19;/h7-10H,4-6,11-14H2,1-3H3;1H. The Morgan fingerprint density at radius 1 is 1.09 bits per heavy atom. The van der Waals surface area contributed by atoms with Gasteiger partial charge in [-0.15, -0.1) is 12.4 Å². The summed E-state index contributed by atoms with van der Waals surface area (Å²) in [7, 11) is 0. The second-order valence-electron chi connectivity index (χ2n) is 6.85. The lowest BCUT2D eigenvalue weighted by molar-refractivity contribution is 0.0858. The van der Waals surface area contributed by atoms with Gasteiger partial charge in [-0.25, -0.2) is 0 Å². The molecule has 1 aliphatic heterocycles. The minimum atomic E-state index is -0.337. The molecule has 1 aromatic rings. The molecule has 0 N–H and O–H groups in total. The van der Waals surface area contributed by atoms with Crippen LogP contribution in [0.2, 0.25) is 0 Å². The Kier molecular flexibility index (Phi) is 7.37. The van der Waals surface area contributed by atoms with Crippen molar-refractivity contribution in [2.45, 2.75) is 40.0 Å². The number of halogens is 1. The second-order valence-corrected chi connectivity index (χ2v) is 6.85. The van der Waals surface area contributed by atoms with Crippen molar-refractivity contribution in [1.82, 2.24) is 4.90 Å². The third-order valence-corrected chi connectivity index (χ3v) is 3.92. The Hall–Kier alpha value is -1.06. The van der Waals surface area contributed by atoms with Crippen molar-refractivity contribution < 1.29 is 9.53 Å². The van der Waals surface area contributed by atoms with Gasteiger partial charge < -0.3 is 4.74 Å². The van der Waals surface area contributed by atoms with Crippen molar-refractivity contribution >= 4 is 18.2 Å². The number of Topliss-reactive ketones (excluding diaryl/α,β-unsaturated/α-hetero) is 1. The summed E-state index contributed by atoms with van der Waals surface area (Å²) in [5.74, 6) is 1.01. The highest BCUT2D eigenvalue weighted by Gasteiger charge is 2.22. The van der Waals surface area contributed by atoms with Crippen LogP contribution in [0, 0.1) is 5.41 Å². The summed E-state index contributed by atoms with van der Waals surface area (Å²) in [5, 5.41) is 0. The molecule has 4 heteroatoms. The first kappa shape index (κ1) is 19.0. The Labute approximate surface area is 140 Å². The quantitative estimate of drug-likeness (QED) is 0.760. The fraction of sp³-hybridized carbons (Fsp3) is 0.611. The average Bonchev–Trinajstić information content (AvgIpc) is 2.47. The van der Waals surface area contributed by atoms with Crippen LogP contribution in [0.3, 0.4) is 0 Å². The first-order chi connectivity index (χ1) is 9.97. The van der Waals surface area contributed by atoms with E-state index in [0.29, 0.717) is 6.61 Å². The maximum Gasteiger partial charge on any atom is 0.168 e. The van der Waals surface area contributed by atoms with Crippen LogP contribution >= 0.6 is 12.4 Å². The average molecular weight is 326 g/mol. The van der Waals surface area contributed by atoms with Crippen LogP contribution in [0.4, 0.5) is 0 Å². The van der Waals surface area contributed by atoms with Crippen LogP contribution in [0.1, 0.15) is 50.4 Å². The van der Waals surface area contributed by atoms with Gasteiger partial charge in [-0.3, -0.25) is 9.69 Å². The van der Waals surface area contributed by atoms with Gasteiger partial charge in [0.15, 0.2) is 5.78 Å². The lowest BCUT2D eigenvalue weighted by Crippen LogP contribution is -2.33. The molecule has 0 spiro atoms. The summed E-state index contributed by atoms with van der Waals surface area (Å²) in [6.45, 7) is 9.93. The molecule has 0 radical (unpaired) electrons. The number of rotatable bonds is 5. The van der Waals surface area contributed by atoms with Crippen molar-refractivity contribution in [2.75, 3.05) is 26.2 Å². The summed E-state index contributed by atoms with van der Waals surface area (Å²) in [6, 6.07) is 7.53. The molecule has 3 nitrogen and oxygen atoms in total. The molecule has 124 valence electrons. The zero-order valence-electron chi connectivity index (χ0n) is 13.9. The van der Waals surface area contributed by atoms with E-state index in [1.54, 1.807) is 0 Å². The first-order valence-electron chi connectivity index (χ1n) is 7.97. The van der Waals surface area contributed by atoms with E-state index in [4.69, 9.17) is 4.74 Å². The Morgan fingerprint density at radius 3 is 2.23 bits per heavy atom. The van der Waals surface area contributed by atoms with Gasteiger partial charge in [0.05, 0.1) is 0 Å². The zero-order valence-corrected chi connectivity index (χ0v) is 14.7. The molecule has 0 unspecified atom stereocenters. The topological polar surface area (TPSA) is 29.5 Å². The molecule has 1 saturated heterocycles. The first-order valence-corrected chi connectivity index (χ1v) is 7.97. The molecule has 0 aromatic heterocycles. The van der Waals surface area contributed by atoms with Gasteiger partial charge in [0.25, 0.3) is 0 Å². The number of carbonyl (C=O) groups excluding carboxylic acids is 1. The van der Waals surface area contributed by atoms with Crippen LogP contribution in [0.25, 0.3) is 0 Å². The third kappa shape index (κ3) is 5.62. The predicted octanol–water partition coefficient (Wildman–Crippen LogP) is 4.20. The number of ketones is 1. The second kappa shape index (κ2) is 8.54. The van der Waals surface area contributed by atoms with E-state index in [2.05, 4.69) is 4.90 Å². The van der Waals surface area contributed by atoms with E-state index < -0.39 is 0 Å². The van der Waals surface area contributed by atoms with Crippen LogP contribution in [-0.2, 0) is 0 Å². The number of likely N-dealkylation sites (tertiary alicyclic amines) is 1. The Bertz CT molecular complexity index is 459. The minimum absolute atomic E-state index is 0. The molecule has 1 aliphatic rings. The number of nitrogens with zero attached hydrogens (tertiary/aromatic N) is 1. The van der Waals surface area contributed by atoms with Gasteiger partial charge in [0.1, 0.15) is 12.4 Å². The highest BCUT2D eigenvalue weighted by atomic mass is 35.5. The number of carbonyl (C=O) groups is 1. The summed E-state index contributed by atoms with van der Waals surface area (Å²) < 4.78 is 5.78.